The predicted octanol–water partition coefficient (Wildman–Crippen LogP) is 10.2. The number of aliphatic carboxylic acids is 1. The molecule has 0 amide bonds. The van der Waals surface area contributed by atoms with Crippen molar-refractivity contribution in [3.8, 4) is 26.3 Å². The van der Waals surface area contributed by atoms with Gasteiger partial charge in [0.1, 0.15) is 11.6 Å². The second-order valence-corrected chi connectivity index (χ2v) is 14.5. The highest BCUT2D eigenvalue weighted by Gasteiger charge is 2.50. The number of carbonyl (C=O) groups is 1. The number of anilines is 1. The summed E-state index contributed by atoms with van der Waals surface area (Å²) in [5.74, 6) is 0.832. The number of allylic oxidation sites excluding steroid dienone is 3. The average Bonchev–Trinajstić information content (AvgIpc) is 3.83. The average molecular weight is 621 g/mol. The van der Waals surface area contributed by atoms with Crippen LogP contribution in [0.15, 0.2) is 84.5 Å². The molecule has 2 bridgehead atoms. The molecular formula is C38H40N2O2S2. The monoisotopic (exact) mass is 620 g/mol. The van der Waals surface area contributed by atoms with Gasteiger partial charge in [0, 0.05) is 43.7 Å². The number of rotatable bonds is 10. The Balaban J connectivity index is 1.29. The van der Waals surface area contributed by atoms with Crippen molar-refractivity contribution in [2.24, 2.45) is 17.8 Å². The van der Waals surface area contributed by atoms with Crippen molar-refractivity contribution >= 4 is 40.4 Å². The third-order valence-corrected chi connectivity index (χ3v) is 12.0. The zero-order chi connectivity index (χ0) is 30.6. The molecule has 6 rings (SSSR count). The van der Waals surface area contributed by atoms with Crippen LogP contribution in [0.1, 0.15) is 62.3 Å². The summed E-state index contributed by atoms with van der Waals surface area (Å²) in [6, 6.07) is 17.8. The standard InChI is InChI=1S/C38H40N2O2S2/c1-3-4-5-8-11-29-23-34(44-37(29)33-19-18-32(43-33)22-30(24-39)38(41)42)26-14-16-31(17-15-26)40-20-9-6-7-10-25(2)35-27-12-13-28(21-27)36(35)40/h6-7,9-10,14-19,22-23,27-28,35-36H,2-5,8,11-13,20-21H2,1H3,(H,41,42)/b9-6-,10-7-,30-22+. The van der Waals surface area contributed by atoms with Crippen molar-refractivity contribution in [3.63, 3.8) is 0 Å². The number of fused-ring (bicyclic) bond motifs is 5. The van der Waals surface area contributed by atoms with Gasteiger partial charge in [-0.3, -0.25) is 0 Å². The van der Waals surface area contributed by atoms with E-state index in [4.69, 9.17) is 0 Å². The van der Waals surface area contributed by atoms with Crippen LogP contribution in [-0.2, 0) is 11.2 Å². The number of aryl methyl sites for hydroxylation is 1. The fourth-order valence-corrected chi connectivity index (χ4v) is 9.85. The maximum absolute atomic E-state index is 11.4. The van der Waals surface area contributed by atoms with Gasteiger partial charge in [-0.2, -0.15) is 5.26 Å². The molecule has 1 aliphatic heterocycles. The molecule has 44 heavy (non-hydrogen) atoms. The Hall–Kier alpha value is -3.66. The summed E-state index contributed by atoms with van der Waals surface area (Å²) < 4.78 is 0. The zero-order valence-corrected chi connectivity index (χ0v) is 27.0. The molecule has 0 saturated heterocycles. The number of nitrogens with zero attached hydrogens (tertiary/aromatic N) is 2. The van der Waals surface area contributed by atoms with Gasteiger partial charge < -0.3 is 10.0 Å². The van der Waals surface area contributed by atoms with E-state index in [2.05, 4.69) is 79.1 Å². The van der Waals surface area contributed by atoms with Crippen LogP contribution < -0.4 is 4.90 Å². The second-order valence-electron chi connectivity index (χ2n) is 12.4. The van der Waals surface area contributed by atoms with Gasteiger partial charge in [-0.05, 0) is 97.0 Å². The summed E-state index contributed by atoms with van der Waals surface area (Å²) >= 11 is 3.36. The van der Waals surface area contributed by atoms with Crippen molar-refractivity contribution in [3.05, 3.63) is 94.9 Å². The lowest BCUT2D eigenvalue weighted by molar-refractivity contribution is -0.132. The summed E-state index contributed by atoms with van der Waals surface area (Å²) in [7, 11) is 0. The highest BCUT2D eigenvalue weighted by molar-refractivity contribution is 7.24. The zero-order valence-electron chi connectivity index (χ0n) is 25.4. The van der Waals surface area contributed by atoms with E-state index < -0.39 is 5.97 Å². The van der Waals surface area contributed by atoms with Crippen LogP contribution >= 0.6 is 22.7 Å². The third kappa shape index (κ3) is 6.27. The molecule has 3 heterocycles. The molecule has 4 atom stereocenters. The molecule has 0 spiro atoms. The number of thiophene rings is 2. The molecule has 3 aromatic rings. The molecule has 3 aliphatic rings. The molecule has 1 N–H and O–H groups in total. The minimum Gasteiger partial charge on any atom is -0.477 e. The normalized spacial score (nSPS) is 24.3. The largest absolute Gasteiger partial charge is 0.477 e. The lowest BCUT2D eigenvalue weighted by Crippen LogP contribution is -2.45. The SMILES string of the molecule is C=C1/C=C\C=C/CN(c2ccc(-c3cc(CCCCCC)c(-c4ccc(/C=C(\C#N)C(=O)O)s4)s3)cc2)C2C3CCC(C3)C12. The van der Waals surface area contributed by atoms with Crippen LogP contribution in [0.25, 0.3) is 26.3 Å². The first-order chi connectivity index (χ1) is 21.5. The number of benzene rings is 1. The van der Waals surface area contributed by atoms with Crippen molar-refractivity contribution in [1.82, 2.24) is 0 Å². The number of nitriles is 1. The van der Waals surface area contributed by atoms with E-state index in [0.717, 1.165) is 41.0 Å². The van der Waals surface area contributed by atoms with Crippen LogP contribution in [0.2, 0.25) is 0 Å². The second kappa shape index (κ2) is 13.5. The maximum atomic E-state index is 11.4. The van der Waals surface area contributed by atoms with Gasteiger partial charge >= 0.3 is 5.97 Å². The van der Waals surface area contributed by atoms with Crippen molar-refractivity contribution in [2.45, 2.75) is 64.3 Å². The van der Waals surface area contributed by atoms with Crippen LogP contribution in [0.3, 0.4) is 0 Å². The van der Waals surface area contributed by atoms with Crippen LogP contribution in [0.4, 0.5) is 5.69 Å². The topological polar surface area (TPSA) is 64.3 Å². The van der Waals surface area contributed by atoms with Gasteiger partial charge in [-0.1, -0.05) is 69.2 Å². The molecule has 4 unspecified atom stereocenters. The maximum Gasteiger partial charge on any atom is 0.346 e. The molecule has 1 aromatic carbocycles. The smallest absolute Gasteiger partial charge is 0.346 e. The van der Waals surface area contributed by atoms with E-state index in [1.165, 1.54) is 76.7 Å². The van der Waals surface area contributed by atoms with Gasteiger partial charge in [0.15, 0.2) is 0 Å². The molecule has 0 radical (unpaired) electrons. The van der Waals surface area contributed by atoms with Gasteiger partial charge in [0.2, 0.25) is 0 Å². The summed E-state index contributed by atoms with van der Waals surface area (Å²) in [6.07, 6.45) is 20.1. The van der Waals surface area contributed by atoms with E-state index in [1.807, 2.05) is 17.4 Å². The molecule has 2 fully saturated rings. The van der Waals surface area contributed by atoms with Gasteiger partial charge in [0.25, 0.3) is 0 Å². The highest BCUT2D eigenvalue weighted by atomic mass is 32.1. The Labute approximate surface area is 269 Å². The first kappa shape index (κ1) is 30.4. The number of carboxylic acids is 1. The van der Waals surface area contributed by atoms with Crippen molar-refractivity contribution in [2.75, 3.05) is 11.4 Å². The summed E-state index contributed by atoms with van der Waals surface area (Å²) in [5.41, 5.74) is 4.90. The third-order valence-electron chi connectivity index (χ3n) is 9.60. The Bertz CT molecular complexity index is 1650. The lowest BCUT2D eigenvalue weighted by Gasteiger charge is -2.41. The fraction of sp³-hybridized carbons (Fsp3) is 0.368. The first-order valence-electron chi connectivity index (χ1n) is 15.9. The molecular weight excluding hydrogens is 581 g/mol. The van der Waals surface area contributed by atoms with E-state index in [-0.39, 0.29) is 5.57 Å². The lowest BCUT2D eigenvalue weighted by atomic mass is 9.79. The number of hydrogen-bond acceptors (Lipinski definition) is 5. The van der Waals surface area contributed by atoms with Gasteiger partial charge in [0.05, 0.1) is 0 Å². The van der Waals surface area contributed by atoms with Crippen molar-refractivity contribution in [1.29, 1.82) is 5.26 Å². The van der Waals surface area contributed by atoms with Crippen LogP contribution in [0.5, 0.6) is 0 Å². The summed E-state index contributed by atoms with van der Waals surface area (Å²) in [5, 5.41) is 18.5. The Morgan fingerprint density at radius 2 is 1.89 bits per heavy atom. The molecule has 4 nitrogen and oxygen atoms in total. The minimum absolute atomic E-state index is 0.242. The number of unbranched alkanes of at least 4 members (excludes halogenated alkanes) is 3. The highest BCUT2D eigenvalue weighted by Crippen LogP contribution is 2.54. The molecule has 2 aliphatic carbocycles. The Kier molecular flexibility index (Phi) is 9.35. The van der Waals surface area contributed by atoms with E-state index in [0.29, 0.717) is 12.0 Å². The van der Waals surface area contributed by atoms with E-state index >= 15 is 0 Å². The molecule has 6 heteroatoms. The predicted molar refractivity (Wildman–Crippen MR) is 185 cm³/mol. The van der Waals surface area contributed by atoms with Gasteiger partial charge in [-0.15, -0.1) is 22.7 Å². The van der Waals surface area contributed by atoms with E-state index in [1.54, 1.807) is 17.4 Å². The molecule has 226 valence electrons. The summed E-state index contributed by atoms with van der Waals surface area (Å²) in [6.45, 7) is 7.66. The Morgan fingerprint density at radius 3 is 2.66 bits per heavy atom. The van der Waals surface area contributed by atoms with E-state index in [9.17, 15) is 15.2 Å². The first-order valence-corrected chi connectivity index (χ1v) is 17.6. The Morgan fingerprint density at radius 1 is 1.07 bits per heavy atom. The molecule has 2 saturated carbocycles. The van der Waals surface area contributed by atoms with Crippen LogP contribution in [-0.4, -0.2) is 23.7 Å². The number of hydrogen-bond donors (Lipinski definition) is 1. The van der Waals surface area contributed by atoms with Crippen LogP contribution in [0, 0.1) is 29.1 Å². The summed E-state index contributed by atoms with van der Waals surface area (Å²) in [4.78, 5) is 18.4. The van der Waals surface area contributed by atoms with Gasteiger partial charge in [-0.25, -0.2) is 4.79 Å². The molecule has 2 aromatic heterocycles. The fourth-order valence-electron chi connectivity index (χ4n) is 7.54. The quantitative estimate of drug-likeness (QED) is 0.139. The minimum atomic E-state index is -1.19. The van der Waals surface area contributed by atoms with Crippen molar-refractivity contribution < 1.29 is 9.90 Å². The number of carboxylic acid groups (broad SMARTS) is 1.